The van der Waals surface area contributed by atoms with Crippen LogP contribution in [0.3, 0.4) is 0 Å². The van der Waals surface area contributed by atoms with Crippen molar-refractivity contribution < 1.29 is 0 Å². The first-order chi connectivity index (χ1) is 7.72. The topological polar surface area (TPSA) is 32.5 Å². The molecule has 16 heavy (non-hydrogen) atoms. The zero-order chi connectivity index (χ0) is 11.5. The number of nitrogens with two attached hydrogens (primary N) is 1. The summed E-state index contributed by atoms with van der Waals surface area (Å²) in [4.78, 5) is 5.11. The Morgan fingerprint density at radius 2 is 1.94 bits per heavy atom. The van der Waals surface area contributed by atoms with Gasteiger partial charge in [-0.05, 0) is 32.7 Å². The van der Waals surface area contributed by atoms with E-state index < -0.39 is 0 Å². The fourth-order valence-corrected chi connectivity index (χ4v) is 3.36. The lowest BCUT2D eigenvalue weighted by Crippen LogP contribution is -2.56. The van der Waals surface area contributed by atoms with Gasteiger partial charge in [0, 0.05) is 38.3 Å². The zero-order valence-corrected chi connectivity index (χ0v) is 10.9. The molecule has 0 radical (unpaired) electrons. The second-order valence-electron chi connectivity index (χ2n) is 5.67. The molecule has 0 aromatic rings. The maximum atomic E-state index is 6.01. The molecule has 3 nitrogen and oxygen atoms in total. The van der Waals surface area contributed by atoms with Gasteiger partial charge in [0.05, 0.1) is 0 Å². The molecule has 2 rings (SSSR count). The SMILES string of the molecule is CC1CN(C(CN)C2CCCC2)CCN1C. The van der Waals surface area contributed by atoms with Gasteiger partial charge in [-0.3, -0.25) is 4.90 Å². The van der Waals surface area contributed by atoms with Crippen LogP contribution in [-0.2, 0) is 0 Å². The Hall–Kier alpha value is -0.120. The Kier molecular flexibility index (Phi) is 4.22. The minimum atomic E-state index is 0.652. The largest absolute Gasteiger partial charge is 0.329 e. The Morgan fingerprint density at radius 3 is 2.50 bits per heavy atom. The van der Waals surface area contributed by atoms with E-state index in [2.05, 4.69) is 23.8 Å². The summed E-state index contributed by atoms with van der Waals surface area (Å²) >= 11 is 0. The van der Waals surface area contributed by atoms with E-state index in [9.17, 15) is 0 Å². The van der Waals surface area contributed by atoms with E-state index >= 15 is 0 Å². The lowest BCUT2D eigenvalue weighted by molar-refractivity contribution is 0.0529. The number of nitrogens with zero attached hydrogens (tertiary/aromatic N) is 2. The van der Waals surface area contributed by atoms with Crippen molar-refractivity contribution in [3.8, 4) is 0 Å². The molecule has 1 aliphatic heterocycles. The van der Waals surface area contributed by atoms with Crippen LogP contribution in [0.2, 0.25) is 0 Å². The van der Waals surface area contributed by atoms with Crippen molar-refractivity contribution >= 4 is 0 Å². The average molecular weight is 225 g/mol. The molecule has 94 valence electrons. The van der Waals surface area contributed by atoms with E-state index in [0.29, 0.717) is 12.1 Å². The molecule has 3 heteroatoms. The van der Waals surface area contributed by atoms with Gasteiger partial charge in [0.15, 0.2) is 0 Å². The van der Waals surface area contributed by atoms with Crippen molar-refractivity contribution in [1.82, 2.24) is 9.80 Å². The van der Waals surface area contributed by atoms with Gasteiger partial charge in [-0.2, -0.15) is 0 Å². The second kappa shape index (κ2) is 5.48. The van der Waals surface area contributed by atoms with Crippen LogP contribution in [0.25, 0.3) is 0 Å². The Balaban J connectivity index is 1.93. The highest BCUT2D eigenvalue weighted by molar-refractivity contribution is 4.88. The van der Waals surface area contributed by atoms with Crippen molar-refractivity contribution in [1.29, 1.82) is 0 Å². The fraction of sp³-hybridized carbons (Fsp3) is 1.00. The smallest absolute Gasteiger partial charge is 0.0247 e. The van der Waals surface area contributed by atoms with Gasteiger partial charge < -0.3 is 10.6 Å². The van der Waals surface area contributed by atoms with Gasteiger partial charge in [0.25, 0.3) is 0 Å². The summed E-state index contributed by atoms with van der Waals surface area (Å²) in [5.41, 5.74) is 6.01. The van der Waals surface area contributed by atoms with E-state index in [1.807, 2.05) is 0 Å². The number of likely N-dealkylation sites (N-methyl/N-ethyl adjacent to an activating group) is 1. The second-order valence-corrected chi connectivity index (χ2v) is 5.67. The van der Waals surface area contributed by atoms with Crippen molar-refractivity contribution in [2.24, 2.45) is 11.7 Å². The highest BCUT2D eigenvalue weighted by atomic mass is 15.3. The van der Waals surface area contributed by atoms with Gasteiger partial charge in [-0.15, -0.1) is 0 Å². The summed E-state index contributed by atoms with van der Waals surface area (Å²) in [7, 11) is 2.23. The maximum absolute atomic E-state index is 6.01. The molecule has 1 heterocycles. The summed E-state index contributed by atoms with van der Waals surface area (Å²) in [5, 5.41) is 0. The van der Waals surface area contributed by atoms with Gasteiger partial charge in [0.1, 0.15) is 0 Å². The van der Waals surface area contributed by atoms with Crippen LogP contribution < -0.4 is 5.73 Å². The monoisotopic (exact) mass is 225 g/mol. The number of hydrogen-bond acceptors (Lipinski definition) is 3. The molecule has 0 aromatic heterocycles. The molecule has 0 spiro atoms. The van der Waals surface area contributed by atoms with Crippen LogP contribution >= 0.6 is 0 Å². The molecular formula is C13H27N3. The molecule has 2 unspecified atom stereocenters. The van der Waals surface area contributed by atoms with E-state index in [1.165, 1.54) is 45.3 Å². The summed E-state index contributed by atoms with van der Waals surface area (Å²) in [6.07, 6.45) is 5.65. The van der Waals surface area contributed by atoms with Gasteiger partial charge in [-0.1, -0.05) is 12.8 Å². The van der Waals surface area contributed by atoms with Crippen LogP contribution in [0.15, 0.2) is 0 Å². The molecule has 2 N–H and O–H groups in total. The molecule has 2 fully saturated rings. The van der Waals surface area contributed by atoms with Crippen LogP contribution in [0.1, 0.15) is 32.6 Å². The minimum Gasteiger partial charge on any atom is -0.329 e. The highest BCUT2D eigenvalue weighted by Crippen LogP contribution is 2.30. The third-order valence-electron chi connectivity index (χ3n) is 4.65. The zero-order valence-electron chi connectivity index (χ0n) is 10.9. The van der Waals surface area contributed by atoms with Gasteiger partial charge >= 0.3 is 0 Å². The first-order valence-corrected chi connectivity index (χ1v) is 6.86. The normalized spacial score (nSPS) is 32.1. The molecule has 2 aliphatic rings. The van der Waals surface area contributed by atoms with Gasteiger partial charge in [-0.25, -0.2) is 0 Å². The first kappa shape index (κ1) is 12.3. The first-order valence-electron chi connectivity index (χ1n) is 6.86. The predicted octanol–water partition coefficient (Wildman–Crippen LogP) is 1.14. The molecule has 1 saturated heterocycles. The molecule has 1 saturated carbocycles. The lowest BCUT2D eigenvalue weighted by atomic mass is 9.95. The third kappa shape index (κ3) is 2.58. The van der Waals surface area contributed by atoms with E-state index in [4.69, 9.17) is 5.73 Å². The number of hydrogen-bond donors (Lipinski definition) is 1. The lowest BCUT2D eigenvalue weighted by Gasteiger charge is -2.43. The number of rotatable bonds is 3. The summed E-state index contributed by atoms with van der Waals surface area (Å²) < 4.78 is 0. The van der Waals surface area contributed by atoms with Crippen LogP contribution in [0, 0.1) is 5.92 Å². The maximum Gasteiger partial charge on any atom is 0.0247 e. The Bertz CT molecular complexity index is 213. The molecule has 0 aromatic carbocycles. The highest BCUT2D eigenvalue weighted by Gasteiger charge is 2.32. The molecular weight excluding hydrogens is 198 g/mol. The van der Waals surface area contributed by atoms with E-state index in [1.54, 1.807) is 0 Å². The number of piperazine rings is 1. The summed E-state index contributed by atoms with van der Waals surface area (Å²) in [5.74, 6) is 0.876. The molecule has 0 bridgehead atoms. The van der Waals surface area contributed by atoms with Crippen molar-refractivity contribution in [2.75, 3.05) is 33.2 Å². The quantitative estimate of drug-likeness (QED) is 0.782. The summed E-state index contributed by atoms with van der Waals surface area (Å²) in [6, 6.07) is 1.34. The van der Waals surface area contributed by atoms with Crippen molar-refractivity contribution in [3.63, 3.8) is 0 Å². The van der Waals surface area contributed by atoms with Crippen LogP contribution in [0.4, 0.5) is 0 Å². The molecule has 1 aliphatic carbocycles. The van der Waals surface area contributed by atoms with E-state index in [0.717, 1.165) is 12.5 Å². The van der Waals surface area contributed by atoms with E-state index in [-0.39, 0.29) is 0 Å². The predicted molar refractivity (Wildman–Crippen MR) is 68.5 cm³/mol. The standard InChI is InChI=1S/C13H27N3/c1-11-10-16(8-7-15(11)2)13(9-14)12-5-3-4-6-12/h11-13H,3-10,14H2,1-2H3. The third-order valence-corrected chi connectivity index (χ3v) is 4.65. The minimum absolute atomic E-state index is 0.652. The molecule has 2 atom stereocenters. The van der Waals surface area contributed by atoms with Crippen molar-refractivity contribution in [3.05, 3.63) is 0 Å². The molecule has 0 amide bonds. The van der Waals surface area contributed by atoms with Gasteiger partial charge in [0.2, 0.25) is 0 Å². The van der Waals surface area contributed by atoms with Crippen LogP contribution in [-0.4, -0.2) is 55.1 Å². The van der Waals surface area contributed by atoms with Crippen LogP contribution in [0.5, 0.6) is 0 Å². The Morgan fingerprint density at radius 1 is 1.25 bits per heavy atom. The Labute approximate surface area is 100.0 Å². The van der Waals surface area contributed by atoms with Crippen molar-refractivity contribution in [2.45, 2.75) is 44.7 Å². The summed E-state index contributed by atoms with van der Waals surface area (Å²) in [6.45, 7) is 6.79. The average Bonchev–Trinajstić information content (AvgIpc) is 2.78. The fourth-order valence-electron chi connectivity index (χ4n) is 3.36.